The first kappa shape index (κ1) is 123. The highest BCUT2D eigenvalue weighted by atomic mass is 32.2. The minimum atomic E-state index is -1.32. The van der Waals surface area contributed by atoms with Gasteiger partial charge in [0.2, 0.25) is 0 Å². The van der Waals surface area contributed by atoms with Crippen molar-refractivity contribution in [2.75, 3.05) is 57.1 Å². The lowest BCUT2D eigenvalue weighted by molar-refractivity contribution is -0.142. The van der Waals surface area contributed by atoms with Gasteiger partial charge in [-0.15, -0.1) is 0 Å². The van der Waals surface area contributed by atoms with Gasteiger partial charge in [0.05, 0.1) is 32.8 Å². The molecule has 23 heteroatoms. The van der Waals surface area contributed by atoms with Crippen molar-refractivity contribution in [1.29, 1.82) is 0 Å². The fourth-order valence-electron chi connectivity index (χ4n) is 8.74. The van der Waals surface area contributed by atoms with Gasteiger partial charge in [0.1, 0.15) is 28.9 Å². The van der Waals surface area contributed by atoms with E-state index in [4.69, 9.17) is 31.9 Å². The molecule has 0 heterocycles. The fraction of sp³-hybridized carbons (Fsp3) is 0.667. The summed E-state index contributed by atoms with van der Waals surface area (Å²) in [5.41, 5.74) is 10.1. The molecule has 0 spiro atoms. The smallest absolute Gasteiger partial charge is 0.331 e. The first-order valence-corrected chi connectivity index (χ1v) is 43.9. The number of hydrogen-bond acceptors (Lipinski definition) is 19. The molecule has 0 aliphatic rings. The molecule has 0 aromatic heterocycles. The Labute approximate surface area is 701 Å². The lowest BCUT2D eigenvalue weighted by atomic mass is 10.0. The fourth-order valence-corrected chi connectivity index (χ4v) is 9.72. The number of carbonyl (C=O) groups excluding carboxylic acids is 8. The molecule has 0 saturated heterocycles. The van der Waals surface area contributed by atoms with Crippen molar-refractivity contribution in [3.63, 3.8) is 0 Å². The van der Waals surface area contributed by atoms with Gasteiger partial charge in [-0.05, 0) is 166 Å². The molecule has 113 heavy (non-hydrogen) atoms. The maximum Gasteiger partial charge on any atom is 0.331 e. The zero-order valence-electron chi connectivity index (χ0n) is 70.9. The third-order valence-electron chi connectivity index (χ3n) is 14.8. The van der Waals surface area contributed by atoms with Gasteiger partial charge in [-0.3, -0.25) is 43.2 Å². The van der Waals surface area contributed by atoms with Crippen LogP contribution >= 0.6 is 36.2 Å². The highest BCUT2D eigenvalue weighted by molar-refractivity contribution is 7.98. The maximum absolute atomic E-state index is 11.5. The maximum atomic E-state index is 11.5. The van der Waals surface area contributed by atoms with Crippen molar-refractivity contribution >= 4 is 107 Å². The van der Waals surface area contributed by atoms with Crippen molar-refractivity contribution in [2.24, 2.45) is 11.5 Å². The molecule has 0 aromatic carbocycles. The second-order valence-electron chi connectivity index (χ2n) is 24.7. The molecule has 0 atom stereocenters. The summed E-state index contributed by atoms with van der Waals surface area (Å²) in [5, 5.41) is 32.8. The van der Waals surface area contributed by atoms with E-state index >= 15 is 0 Å². The van der Waals surface area contributed by atoms with Gasteiger partial charge in [0.15, 0.2) is 12.4 Å². The predicted octanol–water partition coefficient (Wildman–Crippen LogP) is 18.7. The van der Waals surface area contributed by atoms with Crippen LogP contribution in [0.5, 0.6) is 0 Å². The number of hydrogen-bond donors (Lipinski definition) is 7. The number of thiol groups is 1. The Bertz CT molecular complexity index is 2770. The van der Waals surface area contributed by atoms with Gasteiger partial charge in [-0.1, -0.05) is 220 Å². The van der Waals surface area contributed by atoms with Gasteiger partial charge in [-0.25, -0.2) is 14.4 Å². The molecule has 0 aliphatic carbocycles. The SMILES string of the molecule is CC.CC#CC#CC#CC#CC#CC#CC#CC.CCC(=O)CCC(=O)CCCCCC(=O)CCC(=O)OC.CCCCCCCCCCCCCCCCSC.CCCCCCCCCCCCCCCCSC.CS.NCCCN.O=C(O)/C=C\C(=O)COC(=O)/C=C\C(=O)O.O=C(O)CCC(=O)CC(=O)CCC(=O)O.[HH].[HH].[HH]. The highest BCUT2D eigenvalue weighted by Crippen LogP contribution is 2.16. The van der Waals surface area contributed by atoms with Crippen LogP contribution in [0.1, 0.15) is 335 Å². The molecular weight excluding hydrogens is 1490 g/mol. The Balaban J connectivity index is -0.000000109. The van der Waals surface area contributed by atoms with Crippen LogP contribution < -0.4 is 11.5 Å². The Hall–Kier alpha value is -7.79. The summed E-state index contributed by atoms with van der Waals surface area (Å²) < 4.78 is 8.77. The average molecular weight is 1640 g/mol. The lowest BCUT2D eigenvalue weighted by Gasteiger charge is -2.02. The Morgan fingerprint density at radius 2 is 0.646 bits per heavy atom. The molecule has 0 radical (unpaired) electrons. The number of thioether (sulfide) groups is 2. The predicted molar refractivity (Wildman–Crippen MR) is 475 cm³/mol. The van der Waals surface area contributed by atoms with E-state index in [2.05, 4.69) is 131 Å². The number of carboxylic acid groups (broad SMARTS) is 4. The van der Waals surface area contributed by atoms with Crippen molar-refractivity contribution < 1.29 is 91.7 Å². The number of carboxylic acids is 4. The normalized spacial score (nSPS) is 9.19. The molecule has 0 amide bonds. The van der Waals surface area contributed by atoms with Gasteiger partial charge < -0.3 is 41.4 Å². The topological polar surface area (TPSA) is 356 Å². The number of rotatable bonds is 59. The molecule has 0 fully saturated rings. The van der Waals surface area contributed by atoms with Gasteiger partial charge in [-0.2, -0.15) is 36.2 Å². The lowest BCUT2D eigenvalue weighted by Crippen LogP contribution is -2.11. The molecule has 0 aliphatic heterocycles. The minimum absolute atomic E-state index is 0. The summed E-state index contributed by atoms with van der Waals surface area (Å²) in [6.45, 7) is 14.6. The third-order valence-corrected chi connectivity index (χ3v) is 16.2. The van der Waals surface area contributed by atoms with E-state index in [1.54, 1.807) is 27.0 Å². The van der Waals surface area contributed by atoms with Gasteiger partial charge >= 0.3 is 35.8 Å². The number of aliphatic carboxylic acids is 4. The molecule has 0 bridgehead atoms. The number of ketones is 6. The van der Waals surface area contributed by atoms with Crippen molar-refractivity contribution in [3.05, 3.63) is 24.3 Å². The molecule has 646 valence electrons. The second kappa shape index (κ2) is 113. The Kier molecular flexibility index (Phi) is 123. The first-order valence-electron chi connectivity index (χ1n) is 40.2. The molecule has 20 nitrogen and oxygen atoms in total. The van der Waals surface area contributed by atoms with Crippen LogP contribution in [0.15, 0.2) is 24.3 Å². The molecule has 8 N–H and O–H groups in total. The summed E-state index contributed by atoms with van der Waals surface area (Å²) in [5.74, 6) is 30.8. The zero-order chi connectivity index (χ0) is 87.1. The highest BCUT2D eigenvalue weighted by Gasteiger charge is 2.13. The number of unbranched alkanes of at least 4 members (excludes halogenated alkanes) is 28. The Morgan fingerprint density at radius 3 is 0.920 bits per heavy atom. The number of ether oxygens (including phenoxy) is 2. The summed E-state index contributed by atoms with van der Waals surface area (Å²) in [6, 6.07) is 0. The van der Waals surface area contributed by atoms with Crippen LogP contribution in [0.25, 0.3) is 0 Å². The number of methoxy groups -OCH3 is 1. The molecule has 0 unspecified atom stereocenters. The van der Waals surface area contributed by atoms with Crippen LogP contribution in [0.2, 0.25) is 0 Å². The van der Waals surface area contributed by atoms with Crippen molar-refractivity contribution in [1.82, 2.24) is 0 Å². The summed E-state index contributed by atoms with van der Waals surface area (Å²) in [7, 11) is 1.30. The molecular formula is C90H150N2O18S3. The number of Topliss-reactive ketones (excluding diaryl/α,β-unsaturated/α-hetero) is 5. The summed E-state index contributed by atoms with van der Waals surface area (Å²) >= 11 is 7.50. The number of carbonyl (C=O) groups is 12. The van der Waals surface area contributed by atoms with Gasteiger partial charge in [0, 0.05) is 73.9 Å². The zero-order valence-corrected chi connectivity index (χ0v) is 73.4. The van der Waals surface area contributed by atoms with Crippen LogP contribution in [0.3, 0.4) is 0 Å². The van der Waals surface area contributed by atoms with Crippen molar-refractivity contribution in [2.45, 2.75) is 331 Å². The average Bonchev–Trinajstić information content (AvgIpc) is 1.01. The molecule has 0 saturated carbocycles. The molecule has 0 aromatic rings. The molecule has 0 rings (SSSR count). The van der Waals surface area contributed by atoms with Crippen LogP contribution in [-0.2, 0) is 67.0 Å². The first-order chi connectivity index (χ1) is 54.5. The van der Waals surface area contributed by atoms with Crippen LogP contribution in [-0.4, -0.2) is 148 Å². The number of nitrogens with two attached hydrogens (primary N) is 2. The third kappa shape index (κ3) is 140. The van der Waals surface area contributed by atoms with E-state index in [-0.39, 0.29) is 72.5 Å². The monoisotopic (exact) mass is 1640 g/mol. The van der Waals surface area contributed by atoms with E-state index < -0.39 is 53.8 Å². The largest absolute Gasteiger partial charge is 0.481 e. The summed E-state index contributed by atoms with van der Waals surface area (Å²) in [4.78, 5) is 129. The number of esters is 2. The second-order valence-corrected chi connectivity index (χ2v) is 26.6. The van der Waals surface area contributed by atoms with Crippen LogP contribution in [0, 0.1) is 82.9 Å². The van der Waals surface area contributed by atoms with E-state index in [1.165, 1.54) is 198 Å². The van der Waals surface area contributed by atoms with Gasteiger partial charge in [0.25, 0.3) is 0 Å². The van der Waals surface area contributed by atoms with E-state index in [1.807, 2.05) is 37.4 Å². The van der Waals surface area contributed by atoms with E-state index in [0.29, 0.717) is 50.3 Å². The standard InChI is InChI=1S/2C17H36S.C16H26O5.C16H6.C9H8O7.C9H12O6.C3H10N2.C2H6.CH4S.3H2/c2*1-3-4-5-6-7-8-9-10-11-12-13-14-15-16-17-18-2;1-3-13(17)9-10-14(18)7-5-4-6-8-15(19)11-12-16(20)21-2;1-3-5-7-9-11-13-15-16-14-12-10-8-6-4-2;10-6(1-2-7(11)12)5-16-9(15)4-3-8(13)14;10-6(1-3-8(12)13)5-7(11)2-4-9(14)15;4-2-1-3-5;2*1-2;;;/h2*3-17H2,1-2H3;3-12H2,1-2H3;1-2H3;1-4H,5H2,(H,11,12)(H,13,14);1-5H2,(H,12,13)(H,14,15);1-5H2;1-2H3;2H,1H3;3*1H/b;;;;2-1-,4-3-;;;;;;;. The van der Waals surface area contributed by atoms with E-state index in [9.17, 15) is 57.5 Å². The van der Waals surface area contributed by atoms with Crippen LogP contribution in [0.4, 0.5) is 0 Å². The quantitative estimate of drug-likeness (QED) is 0.00742. The minimum Gasteiger partial charge on any atom is -0.481 e. The Morgan fingerprint density at radius 1 is 0.363 bits per heavy atom. The van der Waals surface area contributed by atoms with E-state index in [0.717, 1.165) is 44.8 Å². The summed E-state index contributed by atoms with van der Waals surface area (Å²) in [6.07, 6.45) is 54.0. The van der Waals surface area contributed by atoms with Crippen molar-refractivity contribution in [3.8, 4) is 82.9 Å².